The van der Waals surface area contributed by atoms with Gasteiger partial charge in [0, 0.05) is 18.7 Å². The van der Waals surface area contributed by atoms with Crippen molar-refractivity contribution in [2.24, 2.45) is 10.7 Å². The first-order chi connectivity index (χ1) is 11.3. The molecule has 0 heterocycles. The van der Waals surface area contributed by atoms with Crippen LogP contribution in [0.2, 0.25) is 0 Å². The van der Waals surface area contributed by atoms with E-state index in [1.807, 2.05) is 0 Å². The summed E-state index contributed by atoms with van der Waals surface area (Å²) in [6.45, 7) is 0. The Morgan fingerprint density at radius 1 is 1.12 bits per heavy atom. The second kappa shape index (κ2) is 7.03. The average Bonchev–Trinajstić information content (AvgIpc) is 2.52. The first-order valence-corrected chi connectivity index (χ1v) is 6.73. The Morgan fingerprint density at radius 2 is 1.75 bits per heavy atom. The number of nitrogens with two attached hydrogens (primary N) is 1. The van der Waals surface area contributed by atoms with Gasteiger partial charge < -0.3 is 10.5 Å². The molecule has 0 unspecified atom stereocenters. The fourth-order valence-corrected chi connectivity index (χ4v) is 1.91. The summed E-state index contributed by atoms with van der Waals surface area (Å²) in [6, 6.07) is 6.25. The zero-order valence-corrected chi connectivity index (χ0v) is 12.9. The predicted octanol–water partition coefficient (Wildman–Crippen LogP) is 2.83. The monoisotopic (exact) mass is 337 g/mol. The minimum absolute atomic E-state index is 0.00826. The molecular formula is C16H14F3N3O2. The molecule has 126 valence electrons. The highest BCUT2D eigenvalue weighted by Crippen LogP contribution is 2.19. The molecule has 0 saturated carbocycles. The van der Waals surface area contributed by atoms with Crippen molar-refractivity contribution in [3.05, 3.63) is 59.4 Å². The number of ether oxygens (including phenoxy) is 1. The molecule has 0 aliphatic heterocycles. The van der Waals surface area contributed by atoms with E-state index >= 15 is 0 Å². The summed E-state index contributed by atoms with van der Waals surface area (Å²) in [5.74, 6) is -3.32. The van der Waals surface area contributed by atoms with E-state index in [0.717, 1.165) is 23.1 Å². The standard InChI is InChI=1S/C16H14F3N3O2/c1-22(15(23)9-3-4-14(24-2)13(19)5-9)16(20)21-12-7-10(17)6-11(18)8-12/h3-8H,1-2H3,(H2,20,21). The SMILES string of the molecule is COc1ccc(C(=O)N(C)/C(N)=N\c2cc(F)cc(F)c2)cc1F. The number of carbonyl (C=O) groups excluding carboxylic acids is 1. The summed E-state index contributed by atoms with van der Waals surface area (Å²) in [6.07, 6.45) is 0. The molecule has 0 saturated heterocycles. The Hall–Kier alpha value is -3.03. The van der Waals surface area contributed by atoms with Gasteiger partial charge in [0.15, 0.2) is 11.6 Å². The van der Waals surface area contributed by atoms with Crippen LogP contribution in [0.3, 0.4) is 0 Å². The summed E-state index contributed by atoms with van der Waals surface area (Å²) in [5, 5.41) is 0. The Morgan fingerprint density at radius 3 is 2.29 bits per heavy atom. The first kappa shape index (κ1) is 17.3. The van der Waals surface area contributed by atoms with E-state index in [-0.39, 0.29) is 23.0 Å². The van der Waals surface area contributed by atoms with Crippen molar-refractivity contribution < 1.29 is 22.7 Å². The number of nitrogens with zero attached hydrogens (tertiary/aromatic N) is 2. The lowest BCUT2D eigenvalue weighted by atomic mass is 10.2. The van der Waals surface area contributed by atoms with Gasteiger partial charge in [0.2, 0.25) is 5.96 Å². The third kappa shape index (κ3) is 3.83. The minimum atomic E-state index is -0.826. The molecule has 2 N–H and O–H groups in total. The maximum atomic E-state index is 13.7. The molecule has 2 aromatic rings. The number of hydrogen-bond donors (Lipinski definition) is 1. The van der Waals surface area contributed by atoms with Gasteiger partial charge in [-0.25, -0.2) is 18.2 Å². The van der Waals surface area contributed by atoms with Crippen LogP contribution in [-0.2, 0) is 0 Å². The summed E-state index contributed by atoms with van der Waals surface area (Å²) in [4.78, 5) is 17.0. The van der Waals surface area contributed by atoms with Gasteiger partial charge in [-0.3, -0.25) is 9.69 Å². The molecule has 0 bridgehead atoms. The van der Waals surface area contributed by atoms with Gasteiger partial charge in [-0.1, -0.05) is 0 Å². The van der Waals surface area contributed by atoms with Crippen molar-refractivity contribution >= 4 is 17.6 Å². The quantitative estimate of drug-likeness (QED) is 0.692. The molecule has 0 fully saturated rings. The van der Waals surface area contributed by atoms with E-state index in [4.69, 9.17) is 10.5 Å². The molecule has 0 aromatic heterocycles. The molecule has 2 rings (SSSR count). The third-order valence-electron chi connectivity index (χ3n) is 3.14. The predicted molar refractivity (Wildman–Crippen MR) is 82.7 cm³/mol. The van der Waals surface area contributed by atoms with Crippen LogP contribution in [0.15, 0.2) is 41.4 Å². The Kier molecular flexibility index (Phi) is 5.08. The van der Waals surface area contributed by atoms with Crippen molar-refractivity contribution in [3.8, 4) is 5.75 Å². The number of methoxy groups -OCH3 is 1. The average molecular weight is 337 g/mol. The van der Waals surface area contributed by atoms with Crippen LogP contribution in [0.4, 0.5) is 18.9 Å². The van der Waals surface area contributed by atoms with E-state index < -0.39 is 23.4 Å². The molecule has 24 heavy (non-hydrogen) atoms. The lowest BCUT2D eigenvalue weighted by Gasteiger charge is -2.16. The van der Waals surface area contributed by atoms with E-state index in [2.05, 4.69) is 4.99 Å². The molecular weight excluding hydrogens is 323 g/mol. The minimum Gasteiger partial charge on any atom is -0.494 e. The highest BCUT2D eigenvalue weighted by molar-refractivity contribution is 6.05. The molecule has 2 aromatic carbocycles. The van der Waals surface area contributed by atoms with Crippen LogP contribution in [0.25, 0.3) is 0 Å². The van der Waals surface area contributed by atoms with E-state index in [9.17, 15) is 18.0 Å². The maximum Gasteiger partial charge on any atom is 0.260 e. The third-order valence-corrected chi connectivity index (χ3v) is 3.14. The fourth-order valence-electron chi connectivity index (χ4n) is 1.91. The summed E-state index contributed by atoms with van der Waals surface area (Å²) >= 11 is 0. The number of aliphatic imine (C=N–C) groups is 1. The van der Waals surface area contributed by atoms with Gasteiger partial charge in [-0.2, -0.15) is 0 Å². The van der Waals surface area contributed by atoms with Crippen LogP contribution in [0.5, 0.6) is 5.75 Å². The van der Waals surface area contributed by atoms with Crippen LogP contribution in [0, 0.1) is 17.5 Å². The number of guanidine groups is 1. The lowest BCUT2D eigenvalue weighted by molar-refractivity contribution is 0.0869. The van der Waals surface area contributed by atoms with E-state index in [0.29, 0.717) is 6.07 Å². The highest BCUT2D eigenvalue weighted by atomic mass is 19.1. The van der Waals surface area contributed by atoms with Gasteiger partial charge in [-0.05, 0) is 30.3 Å². The van der Waals surface area contributed by atoms with Gasteiger partial charge >= 0.3 is 0 Å². The largest absolute Gasteiger partial charge is 0.494 e. The topological polar surface area (TPSA) is 67.9 Å². The molecule has 5 nitrogen and oxygen atoms in total. The van der Waals surface area contributed by atoms with Crippen molar-refractivity contribution in [1.29, 1.82) is 0 Å². The zero-order chi connectivity index (χ0) is 17.9. The van der Waals surface area contributed by atoms with Crippen LogP contribution >= 0.6 is 0 Å². The Labute approximate surface area is 136 Å². The Bertz CT molecular complexity index is 789. The molecule has 8 heteroatoms. The van der Waals surface area contributed by atoms with Crippen LogP contribution < -0.4 is 10.5 Å². The summed E-state index contributed by atoms with van der Waals surface area (Å²) in [5.41, 5.74) is 5.59. The second-order valence-corrected chi connectivity index (χ2v) is 4.81. The Balaban J connectivity index is 2.26. The fraction of sp³-hybridized carbons (Fsp3) is 0.125. The van der Waals surface area contributed by atoms with Gasteiger partial charge in [-0.15, -0.1) is 0 Å². The summed E-state index contributed by atoms with van der Waals surface area (Å²) < 4.78 is 44.7. The van der Waals surface area contributed by atoms with Crippen molar-refractivity contribution in [2.45, 2.75) is 0 Å². The highest BCUT2D eigenvalue weighted by Gasteiger charge is 2.17. The molecule has 0 radical (unpaired) electrons. The van der Waals surface area contributed by atoms with Crippen molar-refractivity contribution in [2.75, 3.05) is 14.2 Å². The van der Waals surface area contributed by atoms with E-state index in [1.165, 1.54) is 26.3 Å². The molecule has 0 spiro atoms. The van der Waals surface area contributed by atoms with E-state index in [1.54, 1.807) is 0 Å². The molecule has 0 aliphatic carbocycles. The number of amides is 1. The number of rotatable bonds is 3. The molecule has 1 amide bonds. The van der Waals surface area contributed by atoms with Crippen LogP contribution in [-0.4, -0.2) is 30.9 Å². The number of carbonyl (C=O) groups is 1. The first-order valence-electron chi connectivity index (χ1n) is 6.73. The van der Waals surface area contributed by atoms with Gasteiger partial charge in [0.25, 0.3) is 5.91 Å². The summed E-state index contributed by atoms with van der Waals surface area (Å²) in [7, 11) is 2.60. The second-order valence-electron chi connectivity index (χ2n) is 4.81. The van der Waals surface area contributed by atoms with Crippen LogP contribution in [0.1, 0.15) is 10.4 Å². The van der Waals surface area contributed by atoms with Crippen molar-refractivity contribution in [3.63, 3.8) is 0 Å². The van der Waals surface area contributed by atoms with Gasteiger partial charge in [0.05, 0.1) is 12.8 Å². The lowest BCUT2D eigenvalue weighted by Crippen LogP contribution is -2.38. The smallest absolute Gasteiger partial charge is 0.260 e. The number of benzene rings is 2. The molecule has 0 atom stereocenters. The van der Waals surface area contributed by atoms with Gasteiger partial charge in [0.1, 0.15) is 11.6 Å². The molecule has 0 aliphatic rings. The zero-order valence-electron chi connectivity index (χ0n) is 12.9. The maximum absolute atomic E-state index is 13.7. The van der Waals surface area contributed by atoms with Crippen molar-refractivity contribution in [1.82, 2.24) is 4.90 Å². The number of hydrogen-bond acceptors (Lipinski definition) is 3. The normalized spacial score (nSPS) is 11.3. The number of halogens is 3.